The molecule has 4 rings (SSSR count). The van der Waals surface area contributed by atoms with E-state index in [1.54, 1.807) is 30.5 Å². The van der Waals surface area contributed by atoms with Crippen LogP contribution in [0.1, 0.15) is 25.1 Å². The lowest BCUT2D eigenvalue weighted by molar-refractivity contribution is -0.144. The van der Waals surface area contributed by atoms with Crippen LogP contribution in [0.2, 0.25) is 0 Å². The molecule has 0 atom stereocenters. The minimum absolute atomic E-state index is 0.175. The summed E-state index contributed by atoms with van der Waals surface area (Å²) in [6.07, 6.45) is -0.0869. The van der Waals surface area contributed by atoms with Crippen LogP contribution in [0, 0.1) is 0 Å². The van der Waals surface area contributed by atoms with Crippen LogP contribution in [-0.4, -0.2) is 32.8 Å². The molecule has 8 heteroatoms. The average Bonchev–Trinajstić information content (AvgIpc) is 3.06. The molecule has 0 saturated carbocycles. The van der Waals surface area contributed by atoms with E-state index in [0.717, 1.165) is 19.3 Å². The van der Waals surface area contributed by atoms with E-state index in [4.69, 9.17) is 0 Å². The number of anilines is 1. The summed E-state index contributed by atoms with van der Waals surface area (Å²) in [4.78, 5) is 9.52. The number of halogens is 3. The molecule has 1 aromatic carbocycles. The third-order valence-corrected chi connectivity index (χ3v) is 4.32. The molecule has 2 aromatic heterocycles. The molecule has 0 spiro atoms. The van der Waals surface area contributed by atoms with Gasteiger partial charge in [0, 0.05) is 13.1 Å². The second-order valence-corrected chi connectivity index (χ2v) is 6.05. The molecule has 0 bridgehead atoms. The highest BCUT2D eigenvalue weighted by Crippen LogP contribution is 2.33. The van der Waals surface area contributed by atoms with Gasteiger partial charge in [0.05, 0.1) is 17.3 Å². The van der Waals surface area contributed by atoms with Crippen LogP contribution < -0.4 is 4.90 Å². The van der Waals surface area contributed by atoms with Gasteiger partial charge in [-0.3, -0.25) is 0 Å². The first-order valence-electron chi connectivity index (χ1n) is 8.17. The van der Waals surface area contributed by atoms with Crippen molar-refractivity contribution in [2.75, 3.05) is 18.0 Å². The SMILES string of the molecule is FC(F)(F)c1nc(N2CCCCC2)c2cnn(-c3ccccc3)c2n1. The molecular formula is C17H16F3N5. The number of hydrogen-bond donors (Lipinski definition) is 0. The Labute approximate surface area is 142 Å². The molecule has 5 nitrogen and oxygen atoms in total. The predicted octanol–water partition coefficient (Wildman–Crippen LogP) is 3.82. The first-order valence-corrected chi connectivity index (χ1v) is 8.17. The van der Waals surface area contributed by atoms with Crippen molar-refractivity contribution in [1.29, 1.82) is 0 Å². The Morgan fingerprint density at radius 2 is 1.64 bits per heavy atom. The summed E-state index contributed by atoms with van der Waals surface area (Å²) in [6.45, 7) is 1.39. The molecule has 1 aliphatic rings. The molecule has 0 N–H and O–H groups in total. The number of piperidine rings is 1. The summed E-state index contributed by atoms with van der Waals surface area (Å²) in [6, 6.07) is 9.01. The van der Waals surface area contributed by atoms with Crippen molar-refractivity contribution in [3.8, 4) is 5.69 Å². The van der Waals surface area contributed by atoms with Crippen molar-refractivity contribution in [2.45, 2.75) is 25.4 Å². The molecular weight excluding hydrogens is 331 g/mol. The Balaban J connectivity index is 1.93. The molecule has 0 amide bonds. The third kappa shape index (κ3) is 2.92. The quantitative estimate of drug-likeness (QED) is 0.707. The largest absolute Gasteiger partial charge is 0.451 e. The van der Waals surface area contributed by atoms with Gasteiger partial charge in [0.1, 0.15) is 5.82 Å². The van der Waals surface area contributed by atoms with Gasteiger partial charge < -0.3 is 4.90 Å². The number of alkyl halides is 3. The fourth-order valence-corrected chi connectivity index (χ4v) is 3.12. The Bertz CT molecular complexity index is 882. The van der Waals surface area contributed by atoms with Crippen LogP contribution in [0.25, 0.3) is 16.7 Å². The number of para-hydroxylation sites is 1. The minimum atomic E-state index is -4.61. The van der Waals surface area contributed by atoms with E-state index in [1.807, 2.05) is 11.0 Å². The van der Waals surface area contributed by atoms with E-state index >= 15 is 0 Å². The molecule has 25 heavy (non-hydrogen) atoms. The Kier molecular flexibility index (Phi) is 3.82. The fraction of sp³-hybridized carbons (Fsp3) is 0.353. The van der Waals surface area contributed by atoms with E-state index in [2.05, 4.69) is 15.1 Å². The van der Waals surface area contributed by atoms with E-state index in [1.165, 1.54) is 4.68 Å². The van der Waals surface area contributed by atoms with Crippen molar-refractivity contribution in [1.82, 2.24) is 19.7 Å². The molecule has 3 aromatic rings. The Morgan fingerprint density at radius 1 is 0.920 bits per heavy atom. The summed E-state index contributed by atoms with van der Waals surface area (Å²) < 4.78 is 41.4. The average molecular weight is 347 g/mol. The number of rotatable bonds is 2. The highest BCUT2D eigenvalue weighted by atomic mass is 19.4. The number of benzene rings is 1. The van der Waals surface area contributed by atoms with E-state index in [9.17, 15) is 13.2 Å². The van der Waals surface area contributed by atoms with E-state index in [0.29, 0.717) is 30.0 Å². The molecule has 0 aliphatic carbocycles. The fourth-order valence-electron chi connectivity index (χ4n) is 3.12. The number of fused-ring (bicyclic) bond motifs is 1. The van der Waals surface area contributed by atoms with E-state index in [-0.39, 0.29) is 5.65 Å². The number of nitrogens with zero attached hydrogens (tertiary/aromatic N) is 5. The Morgan fingerprint density at radius 3 is 2.32 bits per heavy atom. The molecule has 130 valence electrons. The van der Waals surface area contributed by atoms with Crippen LogP contribution in [-0.2, 0) is 6.18 Å². The zero-order valence-electron chi connectivity index (χ0n) is 13.4. The lowest BCUT2D eigenvalue weighted by Crippen LogP contribution is -2.31. The summed E-state index contributed by atoms with van der Waals surface area (Å²) in [5.74, 6) is -0.808. The molecule has 3 heterocycles. The maximum atomic E-state index is 13.3. The van der Waals surface area contributed by atoms with Crippen LogP contribution in [0.3, 0.4) is 0 Å². The maximum absolute atomic E-state index is 13.3. The van der Waals surface area contributed by atoms with Gasteiger partial charge in [0.2, 0.25) is 5.82 Å². The van der Waals surface area contributed by atoms with Gasteiger partial charge in [-0.05, 0) is 31.4 Å². The maximum Gasteiger partial charge on any atom is 0.451 e. The van der Waals surface area contributed by atoms with Crippen LogP contribution >= 0.6 is 0 Å². The molecule has 1 aliphatic heterocycles. The van der Waals surface area contributed by atoms with Crippen molar-refractivity contribution in [3.05, 3.63) is 42.4 Å². The molecule has 1 fully saturated rings. The first kappa shape index (κ1) is 15.9. The van der Waals surface area contributed by atoms with Gasteiger partial charge >= 0.3 is 6.18 Å². The van der Waals surface area contributed by atoms with Crippen molar-refractivity contribution in [2.24, 2.45) is 0 Å². The molecule has 1 saturated heterocycles. The highest BCUT2D eigenvalue weighted by molar-refractivity contribution is 5.88. The van der Waals surface area contributed by atoms with Crippen molar-refractivity contribution >= 4 is 16.9 Å². The van der Waals surface area contributed by atoms with Gasteiger partial charge in [-0.1, -0.05) is 18.2 Å². The predicted molar refractivity (Wildman–Crippen MR) is 87.7 cm³/mol. The normalized spacial score (nSPS) is 15.7. The standard InChI is InChI=1S/C17H16F3N5/c18-17(19,20)16-22-14(24-9-5-2-6-10-24)13-11-21-25(15(13)23-16)12-7-3-1-4-8-12/h1,3-4,7-8,11H,2,5-6,9-10H2. The van der Waals surface area contributed by atoms with Gasteiger partial charge in [-0.25, -0.2) is 14.6 Å². The zero-order valence-corrected chi connectivity index (χ0v) is 13.4. The highest BCUT2D eigenvalue weighted by Gasteiger charge is 2.37. The minimum Gasteiger partial charge on any atom is -0.356 e. The van der Waals surface area contributed by atoms with Crippen molar-refractivity contribution < 1.29 is 13.2 Å². The second kappa shape index (κ2) is 6.02. The summed E-state index contributed by atoms with van der Waals surface area (Å²) in [5, 5.41) is 4.80. The van der Waals surface area contributed by atoms with Gasteiger partial charge in [0.15, 0.2) is 5.65 Å². The van der Waals surface area contributed by atoms with Gasteiger partial charge in [0.25, 0.3) is 0 Å². The molecule has 0 unspecified atom stereocenters. The Hall–Kier alpha value is -2.64. The lowest BCUT2D eigenvalue weighted by atomic mass is 10.1. The first-order chi connectivity index (χ1) is 12.0. The summed E-state index contributed by atoms with van der Waals surface area (Å²) in [7, 11) is 0. The summed E-state index contributed by atoms with van der Waals surface area (Å²) >= 11 is 0. The van der Waals surface area contributed by atoms with Crippen LogP contribution in [0.5, 0.6) is 0 Å². The topological polar surface area (TPSA) is 46.8 Å². The number of aromatic nitrogens is 4. The zero-order chi connectivity index (χ0) is 17.4. The smallest absolute Gasteiger partial charge is 0.356 e. The number of hydrogen-bond acceptors (Lipinski definition) is 4. The van der Waals surface area contributed by atoms with Gasteiger partial charge in [-0.15, -0.1) is 0 Å². The van der Waals surface area contributed by atoms with E-state index < -0.39 is 12.0 Å². The van der Waals surface area contributed by atoms with Crippen LogP contribution in [0.4, 0.5) is 19.0 Å². The van der Waals surface area contributed by atoms with Gasteiger partial charge in [-0.2, -0.15) is 18.3 Å². The second-order valence-electron chi connectivity index (χ2n) is 6.05. The van der Waals surface area contributed by atoms with Crippen LogP contribution in [0.15, 0.2) is 36.5 Å². The summed E-state index contributed by atoms with van der Waals surface area (Å²) in [5.41, 5.74) is 0.836. The monoisotopic (exact) mass is 347 g/mol. The lowest BCUT2D eigenvalue weighted by Gasteiger charge is -2.28. The molecule has 0 radical (unpaired) electrons. The van der Waals surface area contributed by atoms with Crippen molar-refractivity contribution in [3.63, 3.8) is 0 Å². The third-order valence-electron chi connectivity index (χ3n) is 4.32.